The van der Waals surface area contributed by atoms with Gasteiger partial charge in [0.1, 0.15) is 12.1 Å². The lowest BCUT2D eigenvalue weighted by Crippen LogP contribution is -2.39. The zero-order valence-corrected chi connectivity index (χ0v) is 17.5. The lowest BCUT2D eigenvalue weighted by molar-refractivity contribution is -0.155. The summed E-state index contributed by atoms with van der Waals surface area (Å²) in [5.74, 6) is -8.98. The molecule has 0 unspecified atom stereocenters. The van der Waals surface area contributed by atoms with Crippen molar-refractivity contribution < 1.29 is 35.5 Å². The van der Waals surface area contributed by atoms with Crippen molar-refractivity contribution in [2.45, 2.75) is 44.7 Å². The third-order valence-electron chi connectivity index (χ3n) is 3.89. The van der Waals surface area contributed by atoms with Crippen LogP contribution < -0.4 is 0 Å². The highest BCUT2D eigenvalue weighted by molar-refractivity contribution is 7.89. The fourth-order valence-electron chi connectivity index (χ4n) is 2.50. The Hall–Kier alpha value is -2.53. The zero-order chi connectivity index (χ0) is 22.9. The van der Waals surface area contributed by atoms with E-state index in [0.717, 1.165) is 0 Å². The van der Waals surface area contributed by atoms with Gasteiger partial charge in [0.25, 0.3) is 0 Å². The van der Waals surface area contributed by atoms with Gasteiger partial charge >= 0.3 is 5.97 Å². The van der Waals surface area contributed by atoms with Crippen LogP contribution in [0.25, 0.3) is 0 Å². The molecule has 0 saturated carbocycles. The first-order valence-electron chi connectivity index (χ1n) is 8.68. The Labute approximate surface area is 171 Å². The third kappa shape index (κ3) is 5.33. The fraction of sp³-hybridized carbons (Fsp3) is 0.368. The van der Waals surface area contributed by atoms with Gasteiger partial charge in [0, 0.05) is 25.0 Å². The van der Waals surface area contributed by atoms with E-state index in [1.807, 2.05) is 0 Å². The molecule has 0 amide bonds. The molecule has 0 aliphatic carbocycles. The van der Waals surface area contributed by atoms with Crippen molar-refractivity contribution in [1.82, 2.24) is 9.29 Å². The van der Waals surface area contributed by atoms with Gasteiger partial charge in [-0.15, -0.1) is 0 Å². The molecule has 0 radical (unpaired) electrons. The minimum absolute atomic E-state index is 0.104. The van der Waals surface area contributed by atoms with Gasteiger partial charge in [-0.3, -0.25) is 9.78 Å². The molecule has 0 spiro atoms. The van der Waals surface area contributed by atoms with E-state index in [1.165, 1.54) is 33.2 Å². The van der Waals surface area contributed by atoms with Gasteiger partial charge < -0.3 is 4.74 Å². The van der Waals surface area contributed by atoms with E-state index >= 15 is 0 Å². The van der Waals surface area contributed by atoms with Gasteiger partial charge in [-0.1, -0.05) is 0 Å². The van der Waals surface area contributed by atoms with E-state index in [1.54, 1.807) is 13.0 Å². The van der Waals surface area contributed by atoms with Crippen LogP contribution in [0.4, 0.5) is 17.6 Å². The quantitative estimate of drug-likeness (QED) is 0.384. The third-order valence-corrected chi connectivity index (χ3v) is 5.70. The summed E-state index contributed by atoms with van der Waals surface area (Å²) in [6.45, 7) is 4.74. The summed E-state index contributed by atoms with van der Waals surface area (Å²) in [7, 11) is -5.20. The number of aryl methyl sites for hydroxylation is 1. The molecule has 0 atom stereocenters. The first kappa shape index (κ1) is 23.7. The van der Waals surface area contributed by atoms with E-state index in [-0.39, 0.29) is 6.07 Å². The maximum absolute atomic E-state index is 14.2. The van der Waals surface area contributed by atoms with Crippen LogP contribution in [0.5, 0.6) is 0 Å². The van der Waals surface area contributed by atoms with Crippen LogP contribution in [0.1, 0.15) is 31.9 Å². The van der Waals surface area contributed by atoms with E-state index in [4.69, 9.17) is 4.74 Å². The number of sulfonamides is 1. The molecule has 1 heterocycles. The van der Waals surface area contributed by atoms with E-state index in [0.29, 0.717) is 15.4 Å². The van der Waals surface area contributed by atoms with Crippen LogP contribution >= 0.6 is 0 Å². The standard InChI is InChI=1S/C19H20F4N2O4S/c1-11-5-6-24-8-12(11)9-25(10-15(26)29-19(2,3)4)30(27,28)18-16(22)13(20)7-14(21)17(18)23/h5-8H,9-10H2,1-4H3. The number of carbonyl (C=O) groups is 1. The van der Waals surface area contributed by atoms with Crippen molar-refractivity contribution in [2.24, 2.45) is 0 Å². The smallest absolute Gasteiger partial charge is 0.321 e. The average molecular weight is 448 g/mol. The summed E-state index contributed by atoms with van der Waals surface area (Å²) in [6, 6.07) is 1.45. The number of esters is 1. The second kappa shape index (κ2) is 8.68. The molecule has 0 bridgehead atoms. The largest absolute Gasteiger partial charge is 0.459 e. The van der Waals surface area contributed by atoms with Crippen molar-refractivity contribution in [3.63, 3.8) is 0 Å². The molecule has 2 aromatic rings. The van der Waals surface area contributed by atoms with Crippen molar-refractivity contribution in [3.8, 4) is 0 Å². The van der Waals surface area contributed by atoms with Crippen LogP contribution in [-0.2, 0) is 26.1 Å². The normalized spacial score (nSPS) is 12.3. The highest BCUT2D eigenvalue weighted by Crippen LogP contribution is 2.28. The first-order chi connectivity index (χ1) is 13.7. The number of nitrogens with zero attached hydrogens (tertiary/aromatic N) is 2. The Morgan fingerprint density at radius 3 is 2.20 bits per heavy atom. The molecule has 30 heavy (non-hydrogen) atoms. The molecule has 0 fully saturated rings. The molecule has 2 rings (SSSR count). The molecular weight excluding hydrogens is 428 g/mol. The molecular formula is C19H20F4N2O4S. The lowest BCUT2D eigenvalue weighted by atomic mass is 10.1. The fourth-order valence-corrected chi connectivity index (χ4v) is 3.99. The number of rotatable bonds is 6. The number of halogens is 4. The predicted octanol–water partition coefficient (Wildman–Crippen LogP) is 3.48. The Balaban J connectivity index is 2.58. The molecule has 164 valence electrons. The number of hydrogen-bond donors (Lipinski definition) is 0. The van der Waals surface area contributed by atoms with Crippen LogP contribution in [0.2, 0.25) is 0 Å². The van der Waals surface area contributed by atoms with Crippen LogP contribution in [-0.4, -0.2) is 35.8 Å². The molecule has 6 nitrogen and oxygen atoms in total. The summed E-state index contributed by atoms with van der Waals surface area (Å²) in [5.41, 5.74) is -0.0962. The minimum Gasteiger partial charge on any atom is -0.459 e. The number of carbonyl (C=O) groups excluding carboxylic acids is 1. The van der Waals surface area contributed by atoms with Crippen LogP contribution in [0.15, 0.2) is 29.4 Å². The minimum atomic E-state index is -5.20. The Morgan fingerprint density at radius 2 is 1.70 bits per heavy atom. The lowest BCUT2D eigenvalue weighted by Gasteiger charge is -2.25. The maximum atomic E-state index is 14.2. The molecule has 0 aliphatic rings. The van der Waals surface area contributed by atoms with Gasteiger partial charge in [0.2, 0.25) is 10.0 Å². The van der Waals surface area contributed by atoms with Gasteiger partial charge in [-0.2, -0.15) is 4.31 Å². The molecule has 11 heteroatoms. The number of pyridine rings is 1. The Kier molecular flexibility index (Phi) is 6.87. The summed E-state index contributed by atoms with van der Waals surface area (Å²) >= 11 is 0. The molecule has 1 aromatic heterocycles. The summed E-state index contributed by atoms with van der Waals surface area (Å²) in [4.78, 5) is 14.3. The van der Waals surface area contributed by atoms with Crippen molar-refractivity contribution >= 4 is 16.0 Å². The summed E-state index contributed by atoms with van der Waals surface area (Å²) in [6.07, 6.45) is 2.73. The number of benzene rings is 1. The first-order valence-corrected chi connectivity index (χ1v) is 10.1. The number of hydrogen-bond acceptors (Lipinski definition) is 5. The highest BCUT2D eigenvalue weighted by Gasteiger charge is 2.36. The van der Waals surface area contributed by atoms with Crippen LogP contribution in [0.3, 0.4) is 0 Å². The topological polar surface area (TPSA) is 76.6 Å². The summed E-state index contributed by atoms with van der Waals surface area (Å²) < 4.78 is 87.1. The second-order valence-electron chi connectivity index (χ2n) is 7.46. The SMILES string of the molecule is Cc1ccncc1CN(CC(=O)OC(C)(C)C)S(=O)(=O)c1c(F)c(F)cc(F)c1F. The molecule has 1 aromatic carbocycles. The van der Waals surface area contributed by atoms with Gasteiger partial charge in [-0.25, -0.2) is 26.0 Å². The van der Waals surface area contributed by atoms with Crippen molar-refractivity contribution in [3.05, 3.63) is 58.9 Å². The van der Waals surface area contributed by atoms with Gasteiger partial charge in [0.15, 0.2) is 28.2 Å². The molecule has 0 saturated heterocycles. The molecule has 0 aliphatic heterocycles. The number of aromatic nitrogens is 1. The number of ether oxygens (including phenoxy) is 1. The Morgan fingerprint density at radius 1 is 1.13 bits per heavy atom. The van der Waals surface area contributed by atoms with E-state index in [9.17, 15) is 30.8 Å². The average Bonchev–Trinajstić information content (AvgIpc) is 2.59. The Bertz CT molecular complexity index is 1040. The molecule has 0 N–H and O–H groups in total. The van der Waals surface area contributed by atoms with Crippen molar-refractivity contribution in [1.29, 1.82) is 0 Å². The second-order valence-corrected chi connectivity index (χ2v) is 9.33. The van der Waals surface area contributed by atoms with Gasteiger partial charge in [-0.05, 0) is 44.9 Å². The van der Waals surface area contributed by atoms with E-state index < -0.39 is 62.8 Å². The van der Waals surface area contributed by atoms with Crippen LogP contribution in [0, 0.1) is 30.2 Å². The summed E-state index contributed by atoms with van der Waals surface area (Å²) in [5, 5.41) is 0. The zero-order valence-electron chi connectivity index (χ0n) is 16.7. The van der Waals surface area contributed by atoms with E-state index in [2.05, 4.69) is 4.98 Å². The van der Waals surface area contributed by atoms with Gasteiger partial charge in [0.05, 0.1) is 0 Å². The highest BCUT2D eigenvalue weighted by atomic mass is 32.2. The monoisotopic (exact) mass is 448 g/mol. The van der Waals surface area contributed by atoms with Crippen molar-refractivity contribution in [2.75, 3.05) is 6.54 Å². The maximum Gasteiger partial charge on any atom is 0.321 e. The predicted molar refractivity (Wildman–Crippen MR) is 98.7 cm³/mol.